The molecule has 0 heterocycles. The van der Waals surface area contributed by atoms with Crippen molar-refractivity contribution in [2.24, 2.45) is 0 Å². The Morgan fingerprint density at radius 3 is 1.96 bits per heavy atom. The molecule has 0 saturated carbocycles. The van der Waals surface area contributed by atoms with Crippen LogP contribution in [0, 0.1) is 0 Å². The average molecular weight is 335 g/mol. The smallest absolute Gasteiger partial charge is 0.412 e. The summed E-state index contributed by atoms with van der Waals surface area (Å²) in [6.45, 7) is 14.4. The van der Waals surface area contributed by atoms with E-state index in [4.69, 9.17) is 9.39 Å². The predicted molar refractivity (Wildman–Crippen MR) is 99.0 cm³/mol. The third-order valence-corrected chi connectivity index (χ3v) is 3.97. The zero-order valence-corrected chi connectivity index (χ0v) is 16.1. The molecule has 6 heteroatoms. The summed E-state index contributed by atoms with van der Waals surface area (Å²) < 4.78 is 11.2. The van der Waals surface area contributed by atoms with Gasteiger partial charge in [-0.1, -0.05) is 19.0 Å². The number of aliphatic hydroxyl groups is 1. The summed E-state index contributed by atoms with van der Waals surface area (Å²) in [5.74, 6) is 0. The Morgan fingerprint density at radius 1 is 1.04 bits per heavy atom. The molecule has 0 aliphatic carbocycles. The Hall–Kier alpha value is -1.53. The van der Waals surface area contributed by atoms with Crippen molar-refractivity contribution in [3.05, 3.63) is 24.3 Å². The SMILES string of the molecule is CB(OC(C)(C)C(C)(C)O)c1ccc(NC(=O)OC(C)(C)C)cc1. The van der Waals surface area contributed by atoms with Crippen LogP contribution < -0.4 is 10.8 Å². The molecule has 0 aliphatic heterocycles. The molecule has 0 unspecified atom stereocenters. The van der Waals surface area contributed by atoms with Crippen molar-refractivity contribution in [1.29, 1.82) is 0 Å². The number of carbonyl (C=O) groups is 1. The van der Waals surface area contributed by atoms with Crippen LogP contribution in [0.2, 0.25) is 6.82 Å². The number of nitrogens with one attached hydrogen (secondary N) is 1. The van der Waals surface area contributed by atoms with Crippen molar-refractivity contribution in [1.82, 2.24) is 0 Å². The van der Waals surface area contributed by atoms with Crippen LogP contribution in [0.15, 0.2) is 24.3 Å². The van der Waals surface area contributed by atoms with Gasteiger partial charge in [0.1, 0.15) is 5.60 Å². The summed E-state index contributed by atoms with van der Waals surface area (Å²) in [6.07, 6.45) is -0.484. The number of amides is 1. The molecular formula is C18H30BNO4. The molecular weight excluding hydrogens is 305 g/mol. The zero-order valence-electron chi connectivity index (χ0n) is 16.1. The molecule has 1 aromatic carbocycles. The fourth-order valence-corrected chi connectivity index (χ4v) is 1.91. The van der Waals surface area contributed by atoms with Gasteiger partial charge in [0.15, 0.2) is 0 Å². The van der Waals surface area contributed by atoms with Gasteiger partial charge in [0, 0.05) is 5.69 Å². The van der Waals surface area contributed by atoms with Crippen LogP contribution >= 0.6 is 0 Å². The van der Waals surface area contributed by atoms with Gasteiger partial charge in [-0.15, -0.1) is 0 Å². The lowest BCUT2D eigenvalue weighted by Crippen LogP contribution is -2.52. The van der Waals surface area contributed by atoms with E-state index in [1.807, 2.05) is 53.6 Å². The van der Waals surface area contributed by atoms with Crippen molar-refractivity contribution in [3.63, 3.8) is 0 Å². The molecule has 1 aromatic rings. The summed E-state index contributed by atoms with van der Waals surface area (Å²) in [5, 5.41) is 12.9. The van der Waals surface area contributed by atoms with E-state index in [1.165, 1.54) is 0 Å². The number of carbonyl (C=O) groups excluding carboxylic acids is 1. The maximum atomic E-state index is 11.8. The highest BCUT2D eigenvalue weighted by atomic mass is 16.6. The minimum Gasteiger partial charge on any atom is -0.444 e. The predicted octanol–water partition coefficient (Wildman–Crippen LogP) is 3.43. The summed E-state index contributed by atoms with van der Waals surface area (Å²) in [6, 6.07) is 7.38. The first-order valence-corrected chi connectivity index (χ1v) is 8.21. The Morgan fingerprint density at radius 2 is 1.54 bits per heavy atom. The Labute approximate surface area is 145 Å². The maximum absolute atomic E-state index is 11.8. The van der Waals surface area contributed by atoms with E-state index in [0.717, 1.165) is 5.46 Å². The molecule has 134 valence electrons. The molecule has 0 radical (unpaired) electrons. The highest BCUT2D eigenvalue weighted by Crippen LogP contribution is 2.25. The quantitative estimate of drug-likeness (QED) is 0.809. The van der Waals surface area contributed by atoms with E-state index in [1.54, 1.807) is 26.0 Å². The lowest BCUT2D eigenvalue weighted by atomic mass is 9.62. The molecule has 0 spiro atoms. The van der Waals surface area contributed by atoms with Crippen LogP contribution in [0.3, 0.4) is 0 Å². The van der Waals surface area contributed by atoms with Crippen LogP contribution in [0.25, 0.3) is 0 Å². The van der Waals surface area contributed by atoms with E-state index < -0.39 is 22.9 Å². The highest BCUT2D eigenvalue weighted by molar-refractivity contribution is 6.66. The molecule has 0 saturated heterocycles. The topological polar surface area (TPSA) is 67.8 Å². The first-order chi connectivity index (χ1) is 10.7. The van der Waals surface area contributed by atoms with Gasteiger partial charge in [0.05, 0.1) is 11.2 Å². The van der Waals surface area contributed by atoms with Crippen molar-refractivity contribution in [2.45, 2.75) is 72.1 Å². The molecule has 2 N–H and O–H groups in total. The number of hydrogen-bond donors (Lipinski definition) is 2. The van der Waals surface area contributed by atoms with E-state index in [9.17, 15) is 9.90 Å². The van der Waals surface area contributed by atoms with E-state index in [2.05, 4.69) is 5.32 Å². The fraction of sp³-hybridized carbons (Fsp3) is 0.611. The summed E-state index contributed by atoms with van der Waals surface area (Å²) in [7, 11) is 0. The molecule has 5 nitrogen and oxygen atoms in total. The summed E-state index contributed by atoms with van der Waals surface area (Å²) in [5.41, 5.74) is -0.571. The van der Waals surface area contributed by atoms with Crippen LogP contribution in [0.4, 0.5) is 10.5 Å². The first kappa shape index (κ1) is 20.5. The second-order valence-electron chi connectivity index (χ2n) is 8.08. The van der Waals surface area contributed by atoms with Crippen LogP contribution in [-0.4, -0.2) is 34.9 Å². The third-order valence-electron chi connectivity index (χ3n) is 3.97. The molecule has 0 fully saturated rings. The van der Waals surface area contributed by atoms with Gasteiger partial charge in [-0.05, 0) is 66.1 Å². The van der Waals surface area contributed by atoms with Crippen molar-refractivity contribution >= 4 is 24.2 Å². The van der Waals surface area contributed by atoms with Crippen LogP contribution in [0.1, 0.15) is 48.5 Å². The number of benzene rings is 1. The minimum absolute atomic E-state index is 0.193. The number of anilines is 1. The third kappa shape index (κ3) is 6.17. The van der Waals surface area contributed by atoms with Crippen molar-refractivity contribution in [3.8, 4) is 0 Å². The number of ether oxygens (including phenoxy) is 1. The standard InChI is InChI=1S/C18H30BNO4/c1-16(2,3)23-15(21)20-14-11-9-13(10-12-14)19(8)24-18(6,7)17(4,5)22/h9-12,22H,1-8H3,(H,20,21). The highest BCUT2D eigenvalue weighted by Gasteiger charge is 2.38. The van der Waals surface area contributed by atoms with Gasteiger partial charge in [-0.3, -0.25) is 5.32 Å². The second kappa shape index (κ2) is 7.15. The monoisotopic (exact) mass is 335 g/mol. The van der Waals surface area contributed by atoms with Crippen LogP contribution in [-0.2, 0) is 9.39 Å². The van der Waals surface area contributed by atoms with Crippen LogP contribution in [0.5, 0.6) is 0 Å². The normalized spacial score (nSPS) is 12.7. The Bertz CT molecular complexity index is 556. The Balaban J connectivity index is 2.72. The minimum atomic E-state index is -0.959. The second-order valence-corrected chi connectivity index (χ2v) is 8.08. The fourth-order valence-electron chi connectivity index (χ4n) is 1.91. The van der Waals surface area contributed by atoms with E-state index in [-0.39, 0.29) is 6.92 Å². The zero-order chi connectivity index (χ0) is 18.8. The molecule has 1 rings (SSSR count). The van der Waals surface area contributed by atoms with Crippen molar-refractivity contribution in [2.75, 3.05) is 5.32 Å². The molecule has 1 amide bonds. The summed E-state index contributed by atoms with van der Waals surface area (Å²) >= 11 is 0. The molecule has 24 heavy (non-hydrogen) atoms. The van der Waals surface area contributed by atoms with Gasteiger partial charge in [-0.2, -0.15) is 0 Å². The van der Waals surface area contributed by atoms with Gasteiger partial charge >= 0.3 is 13.0 Å². The summed E-state index contributed by atoms with van der Waals surface area (Å²) in [4.78, 5) is 11.8. The lowest BCUT2D eigenvalue weighted by molar-refractivity contribution is -0.0918. The molecule has 0 aromatic heterocycles. The van der Waals surface area contributed by atoms with Gasteiger partial charge in [-0.25, -0.2) is 4.79 Å². The van der Waals surface area contributed by atoms with Gasteiger partial charge < -0.3 is 14.5 Å². The van der Waals surface area contributed by atoms with Crippen molar-refractivity contribution < 1.29 is 19.3 Å². The van der Waals surface area contributed by atoms with Gasteiger partial charge in [0.2, 0.25) is 0 Å². The van der Waals surface area contributed by atoms with Gasteiger partial charge in [0.25, 0.3) is 0 Å². The molecule has 0 bridgehead atoms. The molecule has 0 aliphatic rings. The lowest BCUT2D eigenvalue weighted by Gasteiger charge is -2.39. The Kier molecular flexibility index (Phi) is 6.12. The first-order valence-electron chi connectivity index (χ1n) is 8.21. The maximum Gasteiger partial charge on any atom is 0.412 e. The largest absolute Gasteiger partial charge is 0.444 e. The average Bonchev–Trinajstić information content (AvgIpc) is 2.35. The van der Waals surface area contributed by atoms with E-state index >= 15 is 0 Å². The number of rotatable bonds is 5. The van der Waals surface area contributed by atoms with E-state index in [0.29, 0.717) is 5.69 Å². The number of hydrogen-bond acceptors (Lipinski definition) is 4. The molecule has 0 atom stereocenters.